The summed E-state index contributed by atoms with van der Waals surface area (Å²) in [5.74, 6) is 0.727. The van der Waals surface area contributed by atoms with Gasteiger partial charge in [-0.15, -0.1) is 0 Å². The third-order valence-corrected chi connectivity index (χ3v) is 8.11. The number of likely N-dealkylation sites (tertiary alicyclic amines) is 1. The first-order valence-electron chi connectivity index (χ1n) is 10.0. The van der Waals surface area contributed by atoms with Crippen molar-refractivity contribution in [2.24, 2.45) is 11.8 Å². The maximum absolute atomic E-state index is 12.1. The standard InChI is InChI=1S/C20H31N3O3S/c1-22(2)27(24,25)21-13-17-18-14-23(15-20(18)11-10-19(17)26-20)12-6-9-16-7-4-3-5-8-16/h3-5,7-8,17-19,21H,6,9-15H2,1-2H3/t17-,18+,19+,20+/m0/s1. The molecule has 4 atom stereocenters. The minimum absolute atomic E-state index is 0.0361. The lowest BCUT2D eigenvalue weighted by Crippen LogP contribution is -2.44. The molecule has 1 N–H and O–H groups in total. The average molecular weight is 394 g/mol. The van der Waals surface area contributed by atoms with Crippen LogP contribution in [0.3, 0.4) is 0 Å². The van der Waals surface area contributed by atoms with Crippen molar-refractivity contribution in [3.8, 4) is 0 Å². The fourth-order valence-corrected chi connectivity index (χ4v) is 5.87. The van der Waals surface area contributed by atoms with Crippen molar-refractivity contribution in [1.82, 2.24) is 13.9 Å². The van der Waals surface area contributed by atoms with Crippen molar-refractivity contribution in [3.63, 3.8) is 0 Å². The van der Waals surface area contributed by atoms with Crippen LogP contribution in [-0.2, 0) is 21.4 Å². The number of fused-ring (bicyclic) bond motifs is 1. The smallest absolute Gasteiger partial charge is 0.278 e. The van der Waals surface area contributed by atoms with Gasteiger partial charge in [0.1, 0.15) is 0 Å². The Bertz CT molecular complexity index is 755. The van der Waals surface area contributed by atoms with Crippen LogP contribution in [0.5, 0.6) is 0 Å². The van der Waals surface area contributed by atoms with Crippen molar-refractivity contribution < 1.29 is 13.2 Å². The molecule has 0 saturated carbocycles. The topological polar surface area (TPSA) is 61.9 Å². The summed E-state index contributed by atoms with van der Waals surface area (Å²) in [5.41, 5.74) is 1.36. The number of hydrogen-bond donors (Lipinski definition) is 1. The zero-order chi connectivity index (χ0) is 19.1. The molecular weight excluding hydrogens is 362 g/mol. The summed E-state index contributed by atoms with van der Waals surface area (Å²) in [6.45, 7) is 3.59. The molecule has 150 valence electrons. The van der Waals surface area contributed by atoms with Crippen LogP contribution in [0.15, 0.2) is 30.3 Å². The van der Waals surface area contributed by atoms with Crippen molar-refractivity contribution in [3.05, 3.63) is 35.9 Å². The van der Waals surface area contributed by atoms with Gasteiger partial charge in [0.2, 0.25) is 0 Å². The van der Waals surface area contributed by atoms with Gasteiger partial charge in [-0.1, -0.05) is 30.3 Å². The van der Waals surface area contributed by atoms with E-state index < -0.39 is 10.2 Å². The Morgan fingerprint density at radius 2 is 2.07 bits per heavy atom. The van der Waals surface area contributed by atoms with Crippen LogP contribution in [0, 0.1) is 11.8 Å². The molecule has 3 saturated heterocycles. The van der Waals surface area contributed by atoms with E-state index in [1.54, 1.807) is 14.1 Å². The minimum Gasteiger partial charge on any atom is -0.370 e. The highest BCUT2D eigenvalue weighted by molar-refractivity contribution is 7.87. The quantitative estimate of drug-likeness (QED) is 0.727. The lowest BCUT2D eigenvalue weighted by molar-refractivity contribution is 0.00278. The van der Waals surface area contributed by atoms with Gasteiger partial charge in [-0.05, 0) is 37.8 Å². The van der Waals surface area contributed by atoms with Crippen molar-refractivity contribution in [2.45, 2.75) is 37.4 Å². The molecule has 0 radical (unpaired) electrons. The summed E-state index contributed by atoms with van der Waals surface area (Å²) in [6.07, 6.45) is 4.64. The SMILES string of the molecule is CN(C)S(=O)(=O)NC[C@H]1[C@H]2CN(CCCc3ccccc3)C[C@]23CC[C@H]1O3. The molecule has 0 aromatic heterocycles. The Hall–Kier alpha value is -0.990. The molecule has 1 spiro atoms. The van der Waals surface area contributed by atoms with Gasteiger partial charge >= 0.3 is 0 Å². The average Bonchev–Trinajstić information content (AvgIpc) is 3.29. The fourth-order valence-electron chi connectivity index (χ4n) is 5.21. The van der Waals surface area contributed by atoms with E-state index in [1.165, 1.54) is 9.87 Å². The van der Waals surface area contributed by atoms with Crippen LogP contribution in [0.25, 0.3) is 0 Å². The van der Waals surface area contributed by atoms with E-state index >= 15 is 0 Å². The van der Waals surface area contributed by atoms with Gasteiger partial charge in [0.15, 0.2) is 0 Å². The van der Waals surface area contributed by atoms with Crippen molar-refractivity contribution in [2.75, 3.05) is 40.3 Å². The van der Waals surface area contributed by atoms with E-state index in [-0.39, 0.29) is 17.6 Å². The third-order valence-electron chi connectivity index (χ3n) is 6.62. The van der Waals surface area contributed by atoms with E-state index in [4.69, 9.17) is 4.74 Å². The Morgan fingerprint density at radius 3 is 2.81 bits per heavy atom. The second-order valence-electron chi connectivity index (χ2n) is 8.49. The number of ether oxygens (including phenoxy) is 1. The van der Waals surface area contributed by atoms with Gasteiger partial charge in [-0.3, -0.25) is 0 Å². The third kappa shape index (κ3) is 3.80. The molecule has 3 aliphatic rings. The predicted octanol–water partition coefficient (Wildman–Crippen LogP) is 1.49. The normalized spacial score (nSPS) is 33.1. The maximum atomic E-state index is 12.1. The lowest BCUT2D eigenvalue weighted by Gasteiger charge is -2.29. The first kappa shape index (κ1) is 19.3. The number of benzene rings is 1. The van der Waals surface area contributed by atoms with Gasteiger partial charge in [0.25, 0.3) is 10.2 Å². The summed E-state index contributed by atoms with van der Waals surface area (Å²) in [5, 5.41) is 0. The van der Waals surface area contributed by atoms with E-state index in [0.717, 1.165) is 45.3 Å². The van der Waals surface area contributed by atoms with Crippen LogP contribution >= 0.6 is 0 Å². The Labute approximate surface area is 163 Å². The molecule has 3 aliphatic heterocycles. The zero-order valence-corrected chi connectivity index (χ0v) is 17.1. The Morgan fingerprint density at radius 1 is 1.30 bits per heavy atom. The minimum atomic E-state index is -3.38. The van der Waals surface area contributed by atoms with Crippen LogP contribution in [0.1, 0.15) is 24.8 Å². The number of nitrogens with one attached hydrogen (secondary N) is 1. The van der Waals surface area contributed by atoms with Crippen LogP contribution in [0.4, 0.5) is 0 Å². The molecule has 0 unspecified atom stereocenters. The molecule has 6 nitrogen and oxygen atoms in total. The number of aryl methyl sites for hydroxylation is 1. The van der Waals surface area contributed by atoms with Gasteiger partial charge in [-0.25, -0.2) is 4.72 Å². The molecule has 2 bridgehead atoms. The van der Waals surface area contributed by atoms with Gasteiger partial charge < -0.3 is 9.64 Å². The molecular formula is C20H31N3O3S. The largest absolute Gasteiger partial charge is 0.370 e. The van der Waals surface area contributed by atoms with Crippen LogP contribution in [-0.4, -0.2) is 69.6 Å². The van der Waals surface area contributed by atoms with Crippen LogP contribution < -0.4 is 4.72 Å². The fraction of sp³-hybridized carbons (Fsp3) is 0.700. The van der Waals surface area contributed by atoms with E-state index in [0.29, 0.717) is 12.5 Å². The summed E-state index contributed by atoms with van der Waals surface area (Å²) in [4.78, 5) is 2.53. The number of nitrogens with zero attached hydrogens (tertiary/aromatic N) is 2. The number of rotatable bonds is 8. The Kier molecular flexibility index (Phi) is 5.33. The lowest BCUT2D eigenvalue weighted by atomic mass is 9.74. The molecule has 1 aromatic rings. The van der Waals surface area contributed by atoms with Crippen LogP contribution in [0.2, 0.25) is 0 Å². The molecule has 1 aromatic carbocycles. The highest BCUT2D eigenvalue weighted by atomic mass is 32.2. The van der Waals surface area contributed by atoms with E-state index in [2.05, 4.69) is 40.0 Å². The van der Waals surface area contributed by atoms with E-state index in [1.807, 2.05) is 0 Å². The summed E-state index contributed by atoms with van der Waals surface area (Å²) in [7, 11) is -0.256. The van der Waals surface area contributed by atoms with Crippen molar-refractivity contribution >= 4 is 10.2 Å². The second kappa shape index (κ2) is 7.44. The highest BCUT2D eigenvalue weighted by Gasteiger charge is 2.62. The second-order valence-corrected chi connectivity index (χ2v) is 10.5. The maximum Gasteiger partial charge on any atom is 0.278 e. The molecule has 3 heterocycles. The molecule has 7 heteroatoms. The zero-order valence-electron chi connectivity index (χ0n) is 16.3. The highest BCUT2D eigenvalue weighted by Crippen LogP contribution is 2.54. The summed E-state index contributed by atoms with van der Waals surface area (Å²) < 4.78 is 34.6. The van der Waals surface area contributed by atoms with Gasteiger partial charge in [-0.2, -0.15) is 12.7 Å². The monoisotopic (exact) mass is 393 g/mol. The van der Waals surface area contributed by atoms with Gasteiger partial charge in [0.05, 0.1) is 11.7 Å². The van der Waals surface area contributed by atoms with Crippen molar-refractivity contribution in [1.29, 1.82) is 0 Å². The molecule has 3 fully saturated rings. The molecule has 27 heavy (non-hydrogen) atoms. The number of hydrogen-bond acceptors (Lipinski definition) is 4. The molecule has 0 aliphatic carbocycles. The first-order chi connectivity index (χ1) is 12.9. The Balaban J connectivity index is 1.33. The first-order valence-corrected chi connectivity index (χ1v) is 11.4. The summed E-state index contributed by atoms with van der Waals surface area (Å²) in [6, 6.07) is 10.6. The molecule has 0 amide bonds. The van der Waals surface area contributed by atoms with Gasteiger partial charge in [0, 0.05) is 45.6 Å². The molecule has 4 rings (SSSR count). The van der Waals surface area contributed by atoms with E-state index in [9.17, 15) is 8.42 Å². The summed E-state index contributed by atoms with van der Waals surface area (Å²) >= 11 is 0. The predicted molar refractivity (Wildman–Crippen MR) is 106 cm³/mol.